The number of rotatable bonds is 5. The minimum absolute atomic E-state index is 0.0575. The van der Waals surface area contributed by atoms with Crippen LogP contribution in [0.15, 0.2) is 6.20 Å². The molecule has 0 bridgehead atoms. The quantitative estimate of drug-likeness (QED) is 0.654. The SMILES string of the molecule is C[C@@H]1CCC(Nc2nc(NC3(C)CC3)ncc2C(N)=O)C[C@H]1O. The first kappa shape index (κ1) is 16.0. The average Bonchev–Trinajstić information content (AvgIpc) is 3.20. The van der Waals surface area contributed by atoms with Crippen molar-refractivity contribution in [3.05, 3.63) is 11.8 Å². The summed E-state index contributed by atoms with van der Waals surface area (Å²) in [5.74, 6) is 0.704. The highest BCUT2D eigenvalue weighted by Crippen LogP contribution is 2.37. The van der Waals surface area contributed by atoms with Crippen LogP contribution in [0.5, 0.6) is 0 Å². The Morgan fingerprint density at radius 3 is 2.78 bits per heavy atom. The van der Waals surface area contributed by atoms with E-state index in [1.165, 1.54) is 6.20 Å². The molecule has 3 atom stereocenters. The summed E-state index contributed by atoms with van der Waals surface area (Å²) >= 11 is 0. The lowest BCUT2D eigenvalue weighted by Gasteiger charge is -2.32. The number of hydrogen-bond donors (Lipinski definition) is 4. The fourth-order valence-electron chi connectivity index (χ4n) is 2.94. The van der Waals surface area contributed by atoms with Crippen molar-refractivity contribution in [1.82, 2.24) is 9.97 Å². The van der Waals surface area contributed by atoms with Crippen molar-refractivity contribution in [1.29, 1.82) is 0 Å². The number of nitrogens with two attached hydrogens (primary N) is 1. The minimum atomic E-state index is -0.554. The highest BCUT2D eigenvalue weighted by Gasteiger charge is 2.38. The number of hydrogen-bond acceptors (Lipinski definition) is 6. The fourth-order valence-corrected chi connectivity index (χ4v) is 2.94. The molecule has 0 spiro atoms. The molecule has 3 rings (SSSR count). The zero-order valence-corrected chi connectivity index (χ0v) is 13.7. The van der Waals surface area contributed by atoms with Gasteiger partial charge in [-0.3, -0.25) is 4.79 Å². The van der Waals surface area contributed by atoms with Gasteiger partial charge in [0.15, 0.2) is 0 Å². The number of aromatic nitrogens is 2. The van der Waals surface area contributed by atoms with Gasteiger partial charge in [0.2, 0.25) is 5.95 Å². The molecule has 0 radical (unpaired) electrons. The molecule has 2 aliphatic rings. The van der Waals surface area contributed by atoms with Gasteiger partial charge in [0.1, 0.15) is 5.82 Å². The van der Waals surface area contributed by atoms with Crippen molar-refractivity contribution in [3.63, 3.8) is 0 Å². The normalized spacial score (nSPS) is 28.9. The number of amides is 1. The van der Waals surface area contributed by atoms with Gasteiger partial charge in [-0.15, -0.1) is 0 Å². The van der Waals surface area contributed by atoms with Crippen LogP contribution in [0.1, 0.15) is 56.3 Å². The van der Waals surface area contributed by atoms with Gasteiger partial charge in [-0.25, -0.2) is 4.98 Å². The molecule has 2 saturated carbocycles. The third-order valence-corrected chi connectivity index (χ3v) is 4.96. The molecular formula is C16H25N5O2. The van der Waals surface area contributed by atoms with Gasteiger partial charge in [0, 0.05) is 17.8 Å². The van der Waals surface area contributed by atoms with Crippen LogP contribution in [0.25, 0.3) is 0 Å². The molecule has 7 nitrogen and oxygen atoms in total. The van der Waals surface area contributed by atoms with Crippen molar-refractivity contribution in [2.45, 2.75) is 63.6 Å². The first-order valence-corrected chi connectivity index (χ1v) is 8.26. The Labute approximate surface area is 136 Å². The van der Waals surface area contributed by atoms with E-state index < -0.39 is 5.91 Å². The predicted octanol–water partition coefficient (Wildman–Crippen LogP) is 1.50. The van der Waals surface area contributed by atoms with Crippen molar-refractivity contribution in [2.24, 2.45) is 11.7 Å². The van der Waals surface area contributed by atoms with E-state index in [4.69, 9.17) is 5.73 Å². The Morgan fingerprint density at radius 2 is 2.17 bits per heavy atom. The lowest BCUT2D eigenvalue weighted by Crippen LogP contribution is -2.35. The summed E-state index contributed by atoms with van der Waals surface area (Å²) in [6.45, 7) is 4.17. The van der Waals surface area contributed by atoms with Gasteiger partial charge in [-0.1, -0.05) is 6.92 Å². The van der Waals surface area contributed by atoms with Gasteiger partial charge >= 0.3 is 0 Å². The fraction of sp³-hybridized carbons (Fsp3) is 0.688. The van der Waals surface area contributed by atoms with Crippen LogP contribution in [-0.4, -0.2) is 38.7 Å². The van der Waals surface area contributed by atoms with E-state index in [1.807, 2.05) is 0 Å². The van der Waals surface area contributed by atoms with Gasteiger partial charge < -0.3 is 21.5 Å². The molecule has 23 heavy (non-hydrogen) atoms. The van der Waals surface area contributed by atoms with E-state index in [0.717, 1.165) is 25.7 Å². The number of primary amides is 1. The summed E-state index contributed by atoms with van der Waals surface area (Å²) < 4.78 is 0. The second-order valence-electron chi connectivity index (χ2n) is 7.20. The Kier molecular flexibility index (Phi) is 4.14. The number of carbonyl (C=O) groups excluding carboxylic acids is 1. The molecule has 5 N–H and O–H groups in total. The van der Waals surface area contributed by atoms with Crippen LogP contribution in [0, 0.1) is 5.92 Å². The molecule has 2 fully saturated rings. The summed E-state index contributed by atoms with van der Waals surface area (Å²) in [7, 11) is 0. The molecule has 1 amide bonds. The summed E-state index contributed by atoms with van der Waals surface area (Å²) in [5, 5.41) is 16.6. The van der Waals surface area contributed by atoms with Crippen LogP contribution in [0.4, 0.5) is 11.8 Å². The van der Waals surface area contributed by atoms with Crippen molar-refractivity contribution in [3.8, 4) is 0 Å². The zero-order valence-electron chi connectivity index (χ0n) is 13.7. The van der Waals surface area contributed by atoms with Crippen LogP contribution < -0.4 is 16.4 Å². The Bertz CT molecular complexity index is 602. The number of aliphatic hydroxyl groups is 1. The average molecular weight is 319 g/mol. The van der Waals surface area contributed by atoms with E-state index in [2.05, 4.69) is 34.4 Å². The van der Waals surface area contributed by atoms with Crippen LogP contribution >= 0.6 is 0 Å². The van der Waals surface area contributed by atoms with E-state index in [1.54, 1.807) is 0 Å². The highest BCUT2D eigenvalue weighted by molar-refractivity contribution is 5.97. The molecule has 1 aromatic heterocycles. The number of nitrogens with zero attached hydrogens (tertiary/aromatic N) is 2. The maximum atomic E-state index is 11.6. The number of nitrogens with one attached hydrogen (secondary N) is 2. The van der Waals surface area contributed by atoms with Crippen LogP contribution in [0.2, 0.25) is 0 Å². The second kappa shape index (κ2) is 5.96. The lowest BCUT2D eigenvalue weighted by atomic mass is 9.85. The predicted molar refractivity (Wildman–Crippen MR) is 88.2 cm³/mol. The highest BCUT2D eigenvalue weighted by atomic mass is 16.3. The monoisotopic (exact) mass is 319 g/mol. The van der Waals surface area contributed by atoms with Crippen molar-refractivity contribution < 1.29 is 9.90 Å². The third-order valence-electron chi connectivity index (χ3n) is 4.96. The smallest absolute Gasteiger partial charge is 0.254 e. The zero-order chi connectivity index (χ0) is 16.6. The second-order valence-corrected chi connectivity index (χ2v) is 7.20. The number of anilines is 2. The van der Waals surface area contributed by atoms with E-state index in [-0.39, 0.29) is 23.2 Å². The van der Waals surface area contributed by atoms with Gasteiger partial charge in [-0.05, 0) is 44.9 Å². The molecule has 2 aliphatic carbocycles. The molecular weight excluding hydrogens is 294 g/mol. The van der Waals surface area contributed by atoms with Crippen molar-refractivity contribution >= 4 is 17.7 Å². The molecule has 126 valence electrons. The van der Waals surface area contributed by atoms with Gasteiger partial charge in [0.05, 0.1) is 11.7 Å². The molecule has 0 aliphatic heterocycles. The standard InChI is InChI=1S/C16H25N5O2/c1-9-3-4-10(7-12(9)22)19-14-11(13(17)23)8-18-15(20-14)21-16(2)5-6-16/h8-10,12,22H,3-7H2,1-2H3,(H2,17,23)(H2,18,19,20,21)/t9-,10?,12-/m1/s1. The number of aliphatic hydroxyl groups excluding tert-OH is 1. The summed E-state index contributed by atoms with van der Waals surface area (Å²) in [6.07, 6.45) is 5.83. The third kappa shape index (κ3) is 3.72. The molecule has 0 saturated heterocycles. The summed E-state index contributed by atoms with van der Waals surface area (Å²) in [4.78, 5) is 20.3. The first-order chi connectivity index (χ1) is 10.9. The maximum absolute atomic E-state index is 11.6. The number of carbonyl (C=O) groups is 1. The molecule has 7 heteroatoms. The van der Waals surface area contributed by atoms with E-state index in [0.29, 0.717) is 24.1 Å². The Balaban J connectivity index is 1.77. The maximum Gasteiger partial charge on any atom is 0.254 e. The molecule has 1 heterocycles. The summed E-state index contributed by atoms with van der Waals surface area (Å²) in [5.41, 5.74) is 5.77. The first-order valence-electron chi connectivity index (χ1n) is 8.26. The Morgan fingerprint density at radius 1 is 1.43 bits per heavy atom. The molecule has 1 unspecified atom stereocenters. The largest absolute Gasteiger partial charge is 0.393 e. The molecule has 0 aromatic carbocycles. The molecule has 1 aromatic rings. The van der Waals surface area contributed by atoms with E-state index >= 15 is 0 Å². The van der Waals surface area contributed by atoms with Crippen molar-refractivity contribution in [2.75, 3.05) is 10.6 Å². The van der Waals surface area contributed by atoms with Crippen LogP contribution in [-0.2, 0) is 0 Å². The van der Waals surface area contributed by atoms with Gasteiger partial charge in [-0.2, -0.15) is 4.98 Å². The van der Waals surface area contributed by atoms with Gasteiger partial charge in [0.25, 0.3) is 5.91 Å². The topological polar surface area (TPSA) is 113 Å². The Hall–Kier alpha value is -1.89. The van der Waals surface area contributed by atoms with E-state index in [9.17, 15) is 9.90 Å². The summed E-state index contributed by atoms with van der Waals surface area (Å²) in [6, 6.07) is 0.0820. The van der Waals surface area contributed by atoms with Crippen LogP contribution in [0.3, 0.4) is 0 Å². The minimum Gasteiger partial charge on any atom is -0.393 e. The lowest BCUT2D eigenvalue weighted by molar-refractivity contribution is 0.0739.